The van der Waals surface area contributed by atoms with Gasteiger partial charge in [0, 0.05) is 0 Å². The molecule has 0 aromatic heterocycles. The maximum absolute atomic E-state index is 9.20. The minimum atomic E-state index is -1.46. The molecule has 0 saturated heterocycles. The van der Waals surface area contributed by atoms with E-state index in [4.69, 9.17) is 172 Å². The van der Waals surface area contributed by atoms with E-state index in [-0.39, 0.29) is 36.8 Å². The first-order valence-corrected chi connectivity index (χ1v) is 17.9. The van der Waals surface area contributed by atoms with Gasteiger partial charge in [0.05, 0.1) is 67.5 Å². The smallest absolute Gasteiger partial charge is 0.201 e. The van der Waals surface area contributed by atoms with Crippen molar-refractivity contribution >= 4 is 162 Å². The van der Waals surface area contributed by atoms with E-state index in [1.165, 1.54) is 0 Å². The van der Waals surface area contributed by atoms with Gasteiger partial charge in [0.1, 0.15) is 21.5 Å². The normalized spacial score (nSPS) is 23.0. The van der Waals surface area contributed by atoms with Crippen LogP contribution in [0, 0.1) is 0 Å². The number of rotatable bonds is 4. The van der Waals surface area contributed by atoms with Crippen LogP contribution >= 0.6 is 162 Å². The van der Waals surface area contributed by atoms with Crippen molar-refractivity contribution < 1.29 is 14.6 Å². The molecule has 0 heterocycles. The summed E-state index contributed by atoms with van der Waals surface area (Å²) in [5.41, 5.74) is 1.81. The molecule has 1 aliphatic rings. The summed E-state index contributed by atoms with van der Waals surface area (Å²) in [6.07, 6.45) is 0. The molecule has 0 atom stereocenters. The first kappa shape index (κ1) is 42.3. The Balaban J connectivity index is 0.000000252. The molecular weight excluding hydrogens is 881 g/mol. The molecule has 45 heavy (non-hydrogen) atoms. The Morgan fingerprint density at radius 3 is 0.978 bits per heavy atom. The standard InChI is InChI=1S/C16H15Cl3O2.C6H6Cl6.C6HCl5O/c1-20-13-7-3-11(4-8-13)15(16(17,18)19)12-5-9-14(21-2)10-6-12;2*7-1-2(8)4(10)6(12)5(11)3(1)9/h3-10,15H,1-2H3;1-6H;12H. The third-order valence-electron chi connectivity index (χ3n) is 6.24. The number of phenols is 1. The monoisotopic (exact) mass is 896 g/mol. The van der Waals surface area contributed by atoms with E-state index in [0.717, 1.165) is 22.6 Å². The molecule has 3 aromatic rings. The Hall–Kier alpha value is 1.12. The Labute approximate surface area is 331 Å². The van der Waals surface area contributed by atoms with E-state index in [0.29, 0.717) is 0 Å². The highest BCUT2D eigenvalue weighted by Crippen LogP contribution is 2.48. The lowest BCUT2D eigenvalue weighted by Crippen LogP contribution is -2.52. The summed E-state index contributed by atoms with van der Waals surface area (Å²) in [4.78, 5) is 0. The van der Waals surface area contributed by atoms with Gasteiger partial charge in [-0.3, -0.25) is 0 Å². The Bertz CT molecular complexity index is 1170. The summed E-state index contributed by atoms with van der Waals surface area (Å²) in [6, 6.07) is 15.0. The average Bonchev–Trinajstić information content (AvgIpc) is 3.03. The second-order valence-electron chi connectivity index (χ2n) is 9.11. The number of methoxy groups -OCH3 is 2. The Kier molecular flexibility index (Phi) is 17.8. The fraction of sp³-hybridized carbons (Fsp3) is 0.357. The van der Waals surface area contributed by atoms with E-state index >= 15 is 0 Å². The Morgan fingerprint density at radius 2 is 0.756 bits per heavy atom. The molecule has 0 aliphatic heterocycles. The molecule has 3 aromatic carbocycles. The summed E-state index contributed by atoms with van der Waals surface area (Å²) in [6.45, 7) is 0. The van der Waals surface area contributed by atoms with Crippen molar-refractivity contribution in [3.05, 3.63) is 84.8 Å². The number of aromatic hydroxyl groups is 1. The zero-order valence-corrected chi connectivity index (χ0v) is 33.3. The van der Waals surface area contributed by atoms with Crippen LogP contribution < -0.4 is 9.47 Å². The average molecular weight is 903 g/mol. The molecule has 0 bridgehead atoms. The van der Waals surface area contributed by atoms with Gasteiger partial charge in [-0.1, -0.05) is 117 Å². The van der Waals surface area contributed by atoms with Crippen molar-refractivity contribution in [1.29, 1.82) is 0 Å². The first-order chi connectivity index (χ1) is 20.9. The van der Waals surface area contributed by atoms with Crippen LogP contribution in [0.3, 0.4) is 0 Å². The molecule has 0 spiro atoms. The van der Waals surface area contributed by atoms with Crippen molar-refractivity contribution in [2.75, 3.05) is 14.2 Å². The van der Waals surface area contributed by atoms with Gasteiger partial charge in [-0.2, -0.15) is 0 Å². The summed E-state index contributed by atoms with van der Waals surface area (Å²) in [7, 11) is 3.23. The third kappa shape index (κ3) is 11.1. The second-order valence-corrected chi connectivity index (χ2v) is 16.4. The quantitative estimate of drug-likeness (QED) is 0.161. The van der Waals surface area contributed by atoms with E-state index < -0.39 is 36.1 Å². The van der Waals surface area contributed by atoms with Crippen LogP contribution in [-0.4, -0.2) is 55.4 Å². The first-order valence-electron chi connectivity index (χ1n) is 12.3. The highest BCUT2D eigenvalue weighted by Gasteiger charge is 2.47. The molecule has 0 unspecified atom stereocenters. The molecule has 1 N–H and O–H groups in total. The zero-order chi connectivity index (χ0) is 34.4. The van der Waals surface area contributed by atoms with Crippen LogP contribution in [0.25, 0.3) is 0 Å². The summed E-state index contributed by atoms with van der Waals surface area (Å²) in [5.74, 6) is 0.783. The van der Waals surface area contributed by atoms with Crippen molar-refractivity contribution in [1.82, 2.24) is 0 Å². The number of ether oxygens (including phenoxy) is 2. The van der Waals surface area contributed by atoms with Crippen LogP contribution in [0.15, 0.2) is 48.5 Å². The highest BCUT2D eigenvalue weighted by atomic mass is 35.6. The predicted molar refractivity (Wildman–Crippen MR) is 199 cm³/mol. The molecule has 17 heteroatoms. The van der Waals surface area contributed by atoms with Crippen molar-refractivity contribution in [3.8, 4) is 17.2 Å². The van der Waals surface area contributed by atoms with Crippen molar-refractivity contribution in [3.63, 3.8) is 0 Å². The molecular formula is C28H22Cl14O3. The van der Waals surface area contributed by atoms with Gasteiger partial charge in [0.2, 0.25) is 3.79 Å². The van der Waals surface area contributed by atoms with Crippen molar-refractivity contribution in [2.45, 2.75) is 42.0 Å². The van der Waals surface area contributed by atoms with Crippen molar-refractivity contribution in [2.24, 2.45) is 0 Å². The zero-order valence-electron chi connectivity index (χ0n) is 22.7. The lowest BCUT2D eigenvalue weighted by Gasteiger charge is -2.37. The fourth-order valence-electron chi connectivity index (χ4n) is 3.81. The molecule has 1 fully saturated rings. The maximum Gasteiger partial charge on any atom is 0.201 e. The SMILES string of the molecule is COc1ccc(C(c2ccc(OC)cc2)C(Cl)(Cl)Cl)cc1.ClC1C(Cl)C(Cl)C(Cl)C(Cl)C1Cl.Oc1c(Cl)c(Cl)c(Cl)c(Cl)c1Cl. The predicted octanol–water partition coefficient (Wildman–Crippen LogP) is 13.5. The van der Waals surface area contributed by atoms with Crippen LogP contribution in [0.4, 0.5) is 0 Å². The number of benzene rings is 3. The number of hydrogen-bond donors (Lipinski definition) is 1. The van der Waals surface area contributed by atoms with Crippen LogP contribution in [0.1, 0.15) is 17.0 Å². The van der Waals surface area contributed by atoms with Crippen LogP contribution in [0.2, 0.25) is 25.1 Å². The van der Waals surface area contributed by atoms with E-state index in [1.807, 2.05) is 48.5 Å². The molecule has 1 saturated carbocycles. The number of halogens is 14. The van der Waals surface area contributed by atoms with Gasteiger partial charge >= 0.3 is 0 Å². The van der Waals surface area contributed by atoms with Gasteiger partial charge in [-0.05, 0) is 35.4 Å². The fourth-order valence-corrected chi connectivity index (χ4v) is 8.02. The second kappa shape index (κ2) is 18.9. The highest BCUT2D eigenvalue weighted by molar-refractivity contribution is 6.68. The lowest BCUT2D eigenvalue weighted by atomic mass is 9.92. The lowest BCUT2D eigenvalue weighted by molar-refractivity contribution is 0.414. The largest absolute Gasteiger partial charge is 0.505 e. The van der Waals surface area contributed by atoms with Gasteiger partial charge in [-0.15, -0.1) is 69.6 Å². The molecule has 1 aliphatic carbocycles. The number of phenolic OH excluding ortho intramolecular Hbond substituents is 1. The van der Waals surface area contributed by atoms with Gasteiger partial charge in [0.15, 0.2) is 5.75 Å². The van der Waals surface area contributed by atoms with E-state index in [2.05, 4.69) is 0 Å². The van der Waals surface area contributed by atoms with E-state index in [1.54, 1.807) is 14.2 Å². The van der Waals surface area contributed by atoms with Gasteiger partial charge in [-0.25, -0.2) is 0 Å². The minimum absolute atomic E-state index is 0.00904. The van der Waals surface area contributed by atoms with Gasteiger partial charge < -0.3 is 14.6 Å². The van der Waals surface area contributed by atoms with E-state index in [9.17, 15) is 5.11 Å². The van der Waals surface area contributed by atoms with Gasteiger partial charge in [0.25, 0.3) is 0 Å². The maximum atomic E-state index is 9.20. The molecule has 250 valence electrons. The molecule has 3 nitrogen and oxygen atoms in total. The van der Waals surface area contributed by atoms with Crippen LogP contribution in [-0.2, 0) is 0 Å². The van der Waals surface area contributed by atoms with Crippen LogP contribution in [0.5, 0.6) is 17.2 Å². The summed E-state index contributed by atoms with van der Waals surface area (Å²) < 4.78 is 8.85. The topological polar surface area (TPSA) is 38.7 Å². The number of hydrogen-bond acceptors (Lipinski definition) is 3. The minimum Gasteiger partial charge on any atom is -0.505 e. The Morgan fingerprint density at radius 1 is 0.511 bits per heavy atom. The molecule has 0 radical (unpaired) electrons. The summed E-state index contributed by atoms with van der Waals surface area (Å²) >= 11 is 81.7. The summed E-state index contributed by atoms with van der Waals surface area (Å²) in [5, 5.41) is 6.39. The molecule has 4 rings (SSSR count). The molecule has 0 amide bonds. The third-order valence-corrected chi connectivity index (χ3v) is 13.2. The number of alkyl halides is 9.